The number of aliphatic hydroxyl groups excluding tert-OH is 1. The van der Waals surface area contributed by atoms with Crippen molar-refractivity contribution < 1.29 is 9.53 Å². The maximum Gasteiger partial charge on any atom is 0.192 e. The van der Waals surface area contributed by atoms with Crippen molar-refractivity contribution in [3.8, 4) is 0 Å². The van der Waals surface area contributed by atoms with Crippen LogP contribution in [0.5, 0.6) is 0 Å². The van der Waals surface area contributed by atoms with E-state index in [2.05, 4.69) is 52.6 Å². The van der Waals surface area contributed by atoms with E-state index in [0.29, 0.717) is 6.42 Å². The molecule has 3 atom stereocenters. The zero-order valence-electron chi connectivity index (χ0n) is 15.0. The van der Waals surface area contributed by atoms with Gasteiger partial charge in [-0.15, -0.1) is 6.58 Å². The minimum atomic E-state index is -1.90. The van der Waals surface area contributed by atoms with E-state index in [1.165, 1.54) is 0 Å². The first-order valence-electron chi connectivity index (χ1n) is 8.12. The van der Waals surface area contributed by atoms with Crippen LogP contribution in [-0.2, 0) is 4.43 Å². The summed E-state index contributed by atoms with van der Waals surface area (Å²) in [7, 11) is -1.90. The highest BCUT2D eigenvalue weighted by Gasteiger charge is 2.39. The molecular formula is C19H32O2Si. The van der Waals surface area contributed by atoms with Gasteiger partial charge >= 0.3 is 0 Å². The van der Waals surface area contributed by atoms with Crippen LogP contribution >= 0.6 is 0 Å². The van der Waals surface area contributed by atoms with Crippen molar-refractivity contribution >= 4 is 8.32 Å². The van der Waals surface area contributed by atoms with Crippen LogP contribution in [0.3, 0.4) is 0 Å². The highest BCUT2D eigenvalue weighted by atomic mass is 28.4. The predicted octanol–water partition coefficient (Wildman–Crippen LogP) is 5.32. The molecule has 1 aromatic rings. The highest BCUT2D eigenvalue weighted by molar-refractivity contribution is 6.74. The molecule has 1 aromatic carbocycles. The van der Waals surface area contributed by atoms with Gasteiger partial charge in [0.15, 0.2) is 8.32 Å². The van der Waals surface area contributed by atoms with Gasteiger partial charge in [-0.3, -0.25) is 0 Å². The van der Waals surface area contributed by atoms with Crippen LogP contribution in [0.1, 0.15) is 45.8 Å². The van der Waals surface area contributed by atoms with Crippen LogP contribution in [0.25, 0.3) is 0 Å². The molecule has 0 aromatic heterocycles. The van der Waals surface area contributed by atoms with Crippen molar-refractivity contribution in [3.63, 3.8) is 0 Å². The van der Waals surface area contributed by atoms with E-state index in [0.717, 1.165) is 5.56 Å². The Morgan fingerprint density at radius 1 is 1.23 bits per heavy atom. The first kappa shape index (κ1) is 19.1. The fourth-order valence-corrected chi connectivity index (χ4v) is 3.34. The van der Waals surface area contributed by atoms with Crippen molar-refractivity contribution in [3.05, 3.63) is 48.6 Å². The largest absolute Gasteiger partial charge is 0.410 e. The summed E-state index contributed by atoms with van der Waals surface area (Å²) in [6.45, 7) is 17.0. The minimum absolute atomic E-state index is 0.0641. The molecule has 0 spiro atoms. The second-order valence-corrected chi connectivity index (χ2v) is 12.4. The fourth-order valence-electron chi connectivity index (χ4n) is 2.04. The molecule has 0 aliphatic carbocycles. The molecule has 0 radical (unpaired) electrons. The Hall–Kier alpha value is -0.903. The van der Waals surface area contributed by atoms with E-state index in [9.17, 15) is 5.11 Å². The van der Waals surface area contributed by atoms with Gasteiger partial charge in [0, 0.05) is 6.42 Å². The summed E-state index contributed by atoms with van der Waals surface area (Å²) in [5.74, 6) is 0.0641. The van der Waals surface area contributed by atoms with Crippen molar-refractivity contribution in [1.29, 1.82) is 0 Å². The lowest BCUT2D eigenvalue weighted by Gasteiger charge is -2.40. The Kier molecular flexibility index (Phi) is 6.60. The summed E-state index contributed by atoms with van der Waals surface area (Å²) in [5, 5.41) is 10.6. The molecule has 1 rings (SSSR count). The Labute approximate surface area is 137 Å². The molecule has 0 saturated carbocycles. The predicted molar refractivity (Wildman–Crippen MR) is 97.4 cm³/mol. The topological polar surface area (TPSA) is 29.5 Å². The van der Waals surface area contributed by atoms with Gasteiger partial charge in [-0.05, 0) is 29.6 Å². The normalized spacial score (nSPS) is 16.9. The first-order valence-corrected chi connectivity index (χ1v) is 11.0. The van der Waals surface area contributed by atoms with Crippen molar-refractivity contribution in [2.45, 2.75) is 64.5 Å². The molecule has 0 saturated heterocycles. The molecule has 0 bridgehead atoms. The smallest absolute Gasteiger partial charge is 0.192 e. The van der Waals surface area contributed by atoms with Gasteiger partial charge in [-0.2, -0.15) is 0 Å². The van der Waals surface area contributed by atoms with Gasteiger partial charge in [0.1, 0.15) is 0 Å². The average molecular weight is 321 g/mol. The number of rotatable bonds is 7. The summed E-state index contributed by atoms with van der Waals surface area (Å²) >= 11 is 0. The molecule has 1 N–H and O–H groups in total. The number of benzene rings is 1. The second kappa shape index (κ2) is 7.58. The Morgan fingerprint density at radius 3 is 2.23 bits per heavy atom. The molecule has 2 nitrogen and oxygen atoms in total. The average Bonchev–Trinajstić information content (AvgIpc) is 2.45. The van der Waals surface area contributed by atoms with E-state index < -0.39 is 14.4 Å². The lowest BCUT2D eigenvalue weighted by atomic mass is 9.96. The molecule has 3 heteroatoms. The van der Waals surface area contributed by atoms with Crippen LogP contribution in [0.4, 0.5) is 0 Å². The molecule has 0 aliphatic rings. The maximum atomic E-state index is 10.4. The highest BCUT2D eigenvalue weighted by Crippen LogP contribution is 2.41. The quantitative estimate of drug-likeness (QED) is 0.544. The maximum absolute atomic E-state index is 10.4. The minimum Gasteiger partial charge on any atom is -0.410 e. The molecule has 0 unspecified atom stereocenters. The molecular weight excluding hydrogens is 288 g/mol. The third-order valence-corrected chi connectivity index (χ3v) is 9.33. The van der Waals surface area contributed by atoms with E-state index in [-0.39, 0.29) is 17.1 Å². The van der Waals surface area contributed by atoms with Crippen LogP contribution < -0.4 is 0 Å². The number of hydrogen-bond donors (Lipinski definition) is 1. The van der Waals surface area contributed by atoms with Gasteiger partial charge in [0.05, 0.1) is 12.2 Å². The van der Waals surface area contributed by atoms with Crippen LogP contribution in [0.2, 0.25) is 18.1 Å². The molecule has 0 amide bonds. The number of hydrogen-bond acceptors (Lipinski definition) is 2. The fraction of sp³-hybridized carbons (Fsp3) is 0.579. The molecule has 0 aliphatic heterocycles. The van der Waals surface area contributed by atoms with Crippen molar-refractivity contribution in [2.75, 3.05) is 0 Å². The lowest BCUT2D eigenvalue weighted by molar-refractivity contribution is 0.0653. The Bertz CT molecular complexity index is 462. The zero-order chi connectivity index (χ0) is 17.0. The first-order chi connectivity index (χ1) is 10.1. The van der Waals surface area contributed by atoms with E-state index in [4.69, 9.17) is 4.43 Å². The Balaban J connectivity index is 3.00. The summed E-state index contributed by atoms with van der Waals surface area (Å²) < 4.78 is 6.60. The third kappa shape index (κ3) is 5.08. The summed E-state index contributed by atoms with van der Waals surface area (Å²) in [6.07, 6.45) is 1.90. The number of aliphatic hydroxyl groups is 1. The monoisotopic (exact) mass is 320 g/mol. The molecule has 0 heterocycles. The summed E-state index contributed by atoms with van der Waals surface area (Å²) in [4.78, 5) is 0. The van der Waals surface area contributed by atoms with Gasteiger partial charge in [-0.1, -0.05) is 64.1 Å². The van der Waals surface area contributed by atoms with Crippen molar-refractivity contribution in [2.24, 2.45) is 5.92 Å². The van der Waals surface area contributed by atoms with E-state index in [1.807, 2.05) is 25.1 Å². The van der Waals surface area contributed by atoms with Gasteiger partial charge in [0.2, 0.25) is 0 Å². The summed E-state index contributed by atoms with van der Waals surface area (Å²) in [6, 6.07) is 10.2. The zero-order valence-corrected chi connectivity index (χ0v) is 16.0. The second-order valence-electron chi connectivity index (χ2n) is 7.68. The summed E-state index contributed by atoms with van der Waals surface area (Å²) in [5.41, 5.74) is 1.14. The molecule has 124 valence electrons. The van der Waals surface area contributed by atoms with Gasteiger partial charge < -0.3 is 9.53 Å². The van der Waals surface area contributed by atoms with E-state index in [1.54, 1.807) is 6.08 Å². The van der Waals surface area contributed by atoms with E-state index >= 15 is 0 Å². The van der Waals surface area contributed by atoms with Crippen molar-refractivity contribution in [1.82, 2.24) is 0 Å². The van der Waals surface area contributed by atoms with Crippen LogP contribution in [0, 0.1) is 5.92 Å². The van der Waals surface area contributed by atoms with Gasteiger partial charge in [-0.25, -0.2) is 0 Å². The standard InChI is InChI=1S/C19H32O2Si/c1-8-15(2)17(20)14-18(16-12-10-9-11-13-16)21-22(6,7)19(3,4)5/h8-13,15,17-18,20H,1,14H2,2-7H3/t15-,17+,18-/m1/s1. The van der Waals surface area contributed by atoms with Crippen LogP contribution in [-0.4, -0.2) is 19.5 Å². The molecule has 22 heavy (non-hydrogen) atoms. The molecule has 0 fully saturated rings. The third-order valence-electron chi connectivity index (χ3n) is 4.85. The van der Waals surface area contributed by atoms with Gasteiger partial charge in [0.25, 0.3) is 0 Å². The SMILES string of the molecule is C=C[C@@H](C)[C@@H](O)C[C@@H](O[Si](C)(C)C(C)(C)C)c1ccccc1. The van der Waals surface area contributed by atoms with Crippen LogP contribution in [0.15, 0.2) is 43.0 Å². The lowest BCUT2D eigenvalue weighted by Crippen LogP contribution is -2.42. The Morgan fingerprint density at radius 2 is 1.77 bits per heavy atom.